The minimum atomic E-state index is -0.261. The third-order valence-electron chi connectivity index (χ3n) is 2.28. The van der Waals surface area contributed by atoms with Crippen LogP contribution in [-0.4, -0.2) is 31.0 Å². The summed E-state index contributed by atoms with van der Waals surface area (Å²) < 4.78 is 11.8. The highest BCUT2D eigenvalue weighted by atomic mass is 19.1. The van der Waals surface area contributed by atoms with E-state index in [4.69, 9.17) is 0 Å². The normalized spacial score (nSPS) is 32.2. The van der Waals surface area contributed by atoms with Crippen LogP contribution in [0.3, 0.4) is 0 Å². The minimum absolute atomic E-state index is 0.206. The van der Waals surface area contributed by atoms with Crippen LogP contribution in [-0.2, 0) is 0 Å². The van der Waals surface area contributed by atoms with Crippen LogP contribution in [0, 0.1) is 5.92 Å². The zero-order chi connectivity index (χ0) is 8.10. The average molecular weight is 161 g/mol. The Labute approximate surface area is 66.8 Å². The van der Waals surface area contributed by atoms with E-state index in [0.29, 0.717) is 6.42 Å². The van der Waals surface area contributed by atoms with Gasteiger partial charge in [-0.1, -0.05) is 0 Å². The third-order valence-corrected chi connectivity index (χ3v) is 2.28. The van der Waals surface area contributed by atoms with Crippen molar-refractivity contribution in [3.8, 4) is 0 Å². The Morgan fingerprint density at radius 2 is 2.36 bits per heavy atom. The largest absolute Gasteiger partial charge is 0.393 e. The van der Waals surface area contributed by atoms with E-state index in [9.17, 15) is 9.50 Å². The van der Waals surface area contributed by atoms with Gasteiger partial charge in [0.05, 0.1) is 12.8 Å². The summed E-state index contributed by atoms with van der Waals surface area (Å²) in [6.45, 7) is 1.48. The number of nitrogens with one attached hydrogen (secondary N) is 1. The van der Waals surface area contributed by atoms with Gasteiger partial charge >= 0.3 is 0 Å². The first-order valence-electron chi connectivity index (χ1n) is 4.29. The van der Waals surface area contributed by atoms with Gasteiger partial charge in [0.25, 0.3) is 0 Å². The summed E-state index contributed by atoms with van der Waals surface area (Å²) in [6.07, 6.45) is 2.01. The predicted octanol–water partition coefficient (Wildman–Crippen LogP) is 0.706. The summed E-state index contributed by atoms with van der Waals surface area (Å²) in [5.41, 5.74) is 0. The molecule has 0 bridgehead atoms. The van der Waals surface area contributed by atoms with Crippen molar-refractivity contribution in [1.82, 2.24) is 5.32 Å². The second kappa shape index (κ2) is 4.67. The van der Waals surface area contributed by atoms with Gasteiger partial charge < -0.3 is 10.4 Å². The molecule has 0 aromatic carbocycles. The van der Waals surface area contributed by atoms with E-state index in [1.165, 1.54) is 0 Å². The standard InChI is InChI=1S/C8H16FNO/c9-4-1-2-7-6-10-5-3-8(7)11/h7-8,10-11H,1-6H2. The third kappa shape index (κ3) is 2.75. The van der Waals surface area contributed by atoms with Crippen molar-refractivity contribution < 1.29 is 9.50 Å². The van der Waals surface area contributed by atoms with Gasteiger partial charge in [-0.3, -0.25) is 4.39 Å². The van der Waals surface area contributed by atoms with Crippen LogP contribution < -0.4 is 5.32 Å². The Hall–Kier alpha value is -0.150. The Balaban J connectivity index is 2.18. The quantitative estimate of drug-likeness (QED) is 0.639. The smallest absolute Gasteiger partial charge is 0.0894 e. The highest BCUT2D eigenvalue weighted by molar-refractivity contribution is 4.76. The molecule has 2 N–H and O–H groups in total. The molecule has 1 fully saturated rings. The topological polar surface area (TPSA) is 32.3 Å². The maximum absolute atomic E-state index is 11.8. The second-order valence-corrected chi connectivity index (χ2v) is 3.15. The van der Waals surface area contributed by atoms with Crippen molar-refractivity contribution in [2.24, 2.45) is 5.92 Å². The molecule has 1 rings (SSSR count). The summed E-state index contributed by atoms with van der Waals surface area (Å²) in [4.78, 5) is 0. The monoisotopic (exact) mass is 161 g/mol. The molecular formula is C8H16FNO. The van der Waals surface area contributed by atoms with E-state index in [-0.39, 0.29) is 18.7 Å². The number of aliphatic hydroxyl groups excluding tert-OH is 1. The molecule has 66 valence electrons. The van der Waals surface area contributed by atoms with Crippen LogP contribution in [0.5, 0.6) is 0 Å². The lowest BCUT2D eigenvalue weighted by atomic mass is 9.92. The molecule has 11 heavy (non-hydrogen) atoms. The van der Waals surface area contributed by atoms with Gasteiger partial charge in [0.1, 0.15) is 0 Å². The molecule has 2 nitrogen and oxygen atoms in total. The second-order valence-electron chi connectivity index (χ2n) is 3.15. The van der Waals surface area contributed by atoms with Crippen molar-refractivity contribution in [2.45, 2.75) is 25.4 Å². The first-order chi connectivity index (χ1) is 5.34. The van der Waals surface area contributed by atoms with E-state index in [0.717, 1.165) is 25.9 Å². The minimum Gasteiger partial charge on any atom is -0.393 e. The van der Waals surface area contributed by atoms with Crippen molar-refractivity contribution in [3.05, 3.63) is 0 Å². The van der Waals surface area contributed by atoms with E-state index in [1.807, 2.05) is 0 Å². The molecule has 0 spiro atoms. The van der Waals surface area contributed by atoms with Crippen LogP contribution in [0.15, 0.2) is 0 Å². The summed E-state index contributed by atoms with van der Waals surface area (Å²) >= 11 is 0. The zero-order valence-corrected chi connectivity index (χ0v) is 6.72. The van der Waals surface area contributed by atoms with E-state index < -0.39 is 0 Å². The number of alkyl halides is 1. The molecule has 2 atom stereocenters. The van der Waals surface area contributed by atoms with Crippen LogP contribution >= 0.6 is 0 Å². The van der Waals surface area contributed by atoms with Gasteiger partial charge in [-0.15, -0.1) is 0 Å². The van der Waals surface area contributed by atoms with Gasteiger partial charge in [0, 0.05) is 6.54 Å². The Morgan fingerprint density at radius 1 is 1.55 bits per heavy atom. The molecule has 2 unspecified atom stereocenters. The Bertz CT molecular complexity index is 110. The lowest BCUT2D eigenvalue weighted by molar-refractivity contribution is 0.0724. The zero-order valence-electron chi connectivity index (χ0n) is 6.72. The highest BCUT2D eigenvalue weighted by Crippen LogP contribution is 2.16. The fraction of sp³-hybridized carbons (Fsp3) is 1.00. The van der Waals surface area contributed by atoms with Crippen LogP contribution in [0.4, 0.5) is 4.39 Å². The Morgan fingerprint density at radius 3 is 3.00 bits per heavy atom. The molecule has 0 aliphatic carbocycles. The molecule has 1 heterocycles. The van der Waals surface area contributed by atoms with Crippen molar-refractivity contribution in [3.63, 3.8) is 0 Å². The van der Waals surface area contributed by atoms with Crippen molar-refractivity contribution in [2.75, 3.05) is 19.8 Å². The molecule has 1 aliphatic heterocycles. The van der Waals surface area contributed by atoms with Gasteiger partial charge in [-0.25, -0.2) is 0 Å². The van der Waals surface area contributed by atoms with E-state index in [1.54, 1.807) is 0 Å². The summed E-state index contributed by atoms with van der Waals surface area (Å²) in [5, 5.41) is 12.6. The van der Waals surface area contributed by atoms with Crippen LogP contribution in [0.2, 0.25) is 0 Å². The number of hydrogen-bond acceptors (Lipinski definition) is 2. The number of halogens is 1. The molecule has 1 aliphatic rings. The van der Waals surface area contributed by atoms with Gasteiger partial charge in [0.15, 0.2) is 0 Å². The Kier molecular flexibility index (Phi) is 3.80. The SMILES string of the molecule is OC1CCNCC1CCCF. The van der Waals surface area contributed by atoms with E-state index >= 15 is 0 Å². The van der Waals surface area contributed by atoms with Crippen molar-refractivity contribution in [1.29, 1.82) is 0 Å². The van der Waals surface area contributed by atoms with Crippen molar-refractivity contribution >= 4 is 0 Å². The fourth-order valence-electron chi connectivity index (χ4n) is 1.54. The lowest BCUT2D eigenvalue weighted by Crippen LogP contribution is -2.39. The molecular weight excluding hydrogens is 145 g/mol. The molecule has 0 saturated carbocycles. The van der Waals surface area contributed by atoms with Crippen LogP contribution in [0.1, 0.15) is 19.3 Å². The number of hydrogen-bond donors (Lipinski definition) is 2. The summed E-state index contributed by atoms with van der Waals surface area (Å²) in [6, 6.07) is 0. The highest BCUT2D eigenvalue weighted by Gasteiger charge is 2.21. The van der Waals surface area contributed by atoms with Gasteiger partial charge in [0.2, 0.25) is 0 Å². The summed E-state index contributed by atoms with van der Waals surface area (Å²) in [7, 11) is 0. The molecule has 0 amide bonds. The lowest BCUT2D eigenvalue weighted by Gasteiger charge is -2.27. The number of aliphatic hydroxyl groups is 1. The van der Waals surface area contributed by atoms with Crippen LogP contribution in [0.25, 0.3) is 0 Å². The molecule has 0 aromatic rings. The number of rotatable bonds is 3. The fourth-order valence-corrected chi connectivity index (χ4v) is 1.54. The molecule has 0 radical (unpaired) electrons. The number of piperidine rings is 1. The predicted molar refractivity (Wildman–Crippen MR) is 42.2 cm³/mol. The first kappa shape index (κ1) is 8.94. The maximum Gasteiger partial charge on any atom is 0.0894 e. The molecule has 3 heteroatoms. The summed E-state index contributed by atoms with van der Waals surface area (Å²) in [5.74, 6) is 0.277. The van der Waals surface area contributed by atoms with E-state index in [2.05, 4.69) is 5.32 Å². The van der Waals surface area contributed by atoms with Gasteiger partial charge in [-0.05, 0) is 31.7 Å². The average Bonchev–Trinajstić information content (AvgIpc) is 2.03. The van der Waals surface area contributed by atoms with Gasteiger partial charge in [-0.2, -0.15) is 0 Å². The maximum atomic E-state index is 11.8. The molecule has 0 aromatic heterocycles. The first-order valence-corrected chi connectivity index (χ1v) is 4.29. The molecule has 1 saturated heterocycles.